The van der Waals surface area contributed by atoms with Crippen LogP contribution in [0, 0.1) is 11.3 Å². The Bertz CT molecular complexity index is 456. The van der Waals surface area contributed by atoms with Crippen molar-refractivity contribution < 1.29 is 9.53 Å². The Morgan fingerprint density at radius 2 is 2.40 bits per heavy atom. The largest absolute Gasteiger partial charge is 0.466 e. The quantitative estimate of drug-likeness (QED) is 0.723. The number of carbonyl (C=O) groups is 1. The van der Waals surface area contributed by atoms with Crippen molar-refractivity contribution in [3.05, 3.63) is 33.7 Å². The third kappa shape index (κ3) is 2.68. The molecule has 5 nitrogen and oxygen atoms in total. The molecule has 1 aromatic rings. The standard InChI is InChI=1S/C10H10N2O3/c1-2-15-10(14)5-8-7(6-11)9(13)3-4-12-8/h3-4H,2,5H2,1H3,(H,12,13). The molecule has 1 rings (SSSR count). The first-order chi connectivity index (χ1) is 7.19. The van der Waals surface area contributed by atoms with Gasteiger partial charge in [0, 0.05) is 18.0 Å². The highest BCUT2D eigenvalue weighted by Crippen LogP contribution is 2.00. The van der Waals surface area contributed by atoms with Gasteiger partial charge in [0.05, 0.1) is 13.0 Å². The molecule has 1 N–H and O–H groups in total. The van der Waals surface area contributed by atoms with Gasteiger partial charge in [-0.1, -0.05) is 0 Å². The van der Waals surface area contributed by atoms with E-state index in [1.165, 1.54) is 12.3 Å². The summed E-state index contributed by atoms with van der Waals surface area (Å²) in [5.74, 6) is -0.462. The highest BCUT2D eigenvalue weighted by Gasteiger charge is 2.11. The lowest BCUT2D eigenvalue weighted by atomic mass is 10.1. The Labute approximate surface area is 86.3 Å². The van der Waals surface area contributed by atoms with Crippen LogP contribution < -0.4 is 5.43 Å². The molecule has 5 heteroatoms. The number of H-pyrrole nitrogens is 1. The van der Waals surface area contributed by atoms with Crippen LogP contribution in [-0.2, 0) is 16.0 Å². The summed E-state index contributed by atoms with van der Waals surface area (Å²) in [6, 6.07) is 3.00. The second kappa shape index (κ2) is 4.96. The van der Waals surface area contributed by atoms with Crippen LogP contribution in [0.2, 0.25) is 0 Å². The lowest BCUT2D eigenvalue weighted by Gasteiger charge is -2.02. The summed E-state index contributed by atoms with van der Waals surface area (Å²) in [7, 11) is 0. The van der Waals surface area contributed by atoms with Crippen molar-refractivity contribution in [3.8, 4) is 6.07 Å². The lowest BCUT2D eigenvalue weighted by molar-refractivity contribution is -0.142. The molecule has 0 saturated carbocycles. The minimum Gasteiger partial charge on any atom is -0.466 e. The van der Waals surface area contributed by atoms with Crippen LogP contribution in [0.4, 0.5) is 0 Å². The third-order valence-electron chi connectivity index (χ3n) is 1.78. The van der Waals surface area contributed by atoms with E-state index in [-0.39, 0.29) is 18.6 Å². The minimum absolute atomic E-state index is 0.0365. The Morgan fingerprint density at radius 1 is 1.67 bits per heavy atom. The number of hydrogen-bond acceptors (Lipinski definition) is 4. The zero-order valence-corrected chi connectivity index (χ0v) is 8.24. The van der Waals surface area contributed by atoms with Crippen LogP contribution in [0.15, 0.2) is 17.1 Å². The number of rotatable bonds is 3. The van der Waals surface area contributed by atoms with Crippen molar-refractivity contribution in [3.63, 3.8) is 0 Å². The SMILES string of the molecule is CCOC(=O)Cc1[nH]ccc(=O)c1C#N. The van der Waals surface area contributed by atoms with E-state index in [0.29, 0.717) is 5.69 Å². The smallest absolute Gasteiger partial charge is 0.311 e. The van der Waals surface area contributed by atoms with Crippen molar-refractivity contribution in [1.82, 2.24) is 4.98 Å². The number of ether oxygens (including phenoxy) is 1. The van der Waals surface area contributed by atoms with Crippen molar-refractivity contribution in [2.45, 2.75) is 13.3 Å². The predicted octanol–water partition coefficient (Wildman–Crippen LogP) is 0.352. The Hall–Kier alpha value is -2.09. The molecule has 0 aliphatic heterocycles. The first-order valence-corrected chi connectivity index (χ1v) is 4.45. The van der Waals surface area contributed by atoms with Gasteiger partial charge in [-0.05, 0) is 6.92 Å². The number of esters is 1. The molecule has 0 aromatic carbocycles. The van der Waals surface area contributed by atoms with Crippen LogP contribution in [0.5, 0.6) is 0 Å². The summed E-state index contributed by atoms with van der Waals surface area (Å²) < 4.78 is 4.71. The highest BCUT2D eigenvalue weighted by atomic mass is 16.5. The predicted molar refractivity (Wildman–Crippen MR) is 52.1 cm³/mol. The maximum Gasteiger partial charge on any atom is 0.311 e. The molecule has 0 aliphatic rings. The maximum atomic E-state index is 11.2. The van der Waals surface area contributed by atoms with E-state index in [9.17, 15) is 9.59 Å². The molecule has 0 fully saturated rings. The van der Waals surface area contributed by atoms with Crippen molar-refractivity contribution in [1.29, 1.82) is 5.26 Å². The van der Waals surface area contributed by atoms with Crippen LogP contribution in [0.1, 0.15) is 18.2 Å². The monoisotopic (exact) mass is 206 g/mol. The van der Waals surface area contributed by atoms with Gasteiger partial charge in [0.15, 0.2) is 5.43 Å². The minimum atomic E-state index is -0.462. The van der Waals surface area contributed by atoms with Gasteiger partial charge in [-0.2, -0.15) is 5.26 Å². The fraction of sp³-hybridized carbons (Fsp3) is 0.300. The first kappa shape index (κ1) is 11.0. The molecule has 0 amide bonds. The third-order valence-corrected chi connectivity index (χ3v) is 1.78. The summed E-state index contributed by atoms with van der Waals surface area (Å²) in [4.78, 5) is 25.0. The second-order valence-corrected chi connectivity index (χ2v) is 2.79. The van der Waals surface area contributed by atoms with Gasteiger partial charge < -0.3 is 9.72 Å². The summed E-state index contributed by atoms with van der Waals surface area (Å²) in [5.41, 5.74) is -0.135. The number of hydrogen-bond donors (Lipinski definition) is 1. The Balaban J connectivity index is 2.96. The summed E-state index contributed by atoms with van der Waals surface area (Å²) in [6.07, 6.45) is 1.31. The maximum absolute atomic E-state index is 11.2. The van der Waals surface area contributed by atoms with Gasteiger partial charge in [0.2, 0.25) is 0 Å². The van der Waals surface area contributed by atoms with E-state index in [1.807, 2.05) is 0 Å². The molecule has 1 heterocycles. The molecular formula is C10H10N2O3. The topological polar surface area (TPSA) is 83.0 Å². The number of aromatic amines is 1. The molecule has 1 aromatic heterocycles. The zero-order valence-electron chi connectivity index (χ0n) is 8.24. The molecule has 0 atom stereocenters. The van der Waals surface area contributed by atoms with Crippen LogP contribution >= 0.6 is 0 Å². The number of nitrogens with one attached hydrogen (secondary N) is 1. The van der Waals surface area contributed by atoms with E-state index >= 15 is 0 Å². The van der Waals surface area contributed by atoms with Crippen LogP contribution in [0.25, 0.3) is 0 Å². The number of pyridine rings is 1. The molecule has 0 spiro atoms. The fourth-order valence-corrected chi connectivity index (χ4v) is 1.14. The summed E-state index contributed by atoms with van der Waals surface area (Å²) in [5, 5.41) is 8.72. The second-order valence-electron chi connectivity index (χ2n) is 2.79. The number of nitrogens with zero attached hydrogens (tertiary/aromatic N) is 1. The fourth-order valence-electron chi connectivity index (χ4n) is 1.14. The van der Waals surface area contributed by atoms with E-state index in [0.717, 1.165) is 0 Å². The molecule has 15 heavy (non-hydrogen) atoms. The van der Waals surface area contributed by atoms with Crippen LogP contribution in [0.3, 0.4) is 0 Å². The van der Waals surface area contributed by atoms with Gasteiger partial charge in [-0.15, -0.1) is 0 Å². The summed E-state index contributed by atoms with van der Waals surface area (Å²) >= 11 is 0. The number of carbonyl (C=O) groups excluding carboxylic acids is 1. The normalized spacial score (nSPS) is 9.33. The number of aromatic nitrogens is 1. The Morgan fingerprint density at radius 3 is 3.00 bits per heavy atom. The highest BCUT2D eigenvalue weighted by molar-refractivity contribution is 5.72. The molecule has 0 unspecified atom stereocenters. The van der Waals surface area contributed by atoms with Crippen molar-refractivity contribution >= 4 is 5.97 Å². The molecule has 0 saturated heterocycles. The van der Waals surface area contributed by atoms with E-state index in [4.69, 9.17) is 10.00 Å². The van der Waals surface area contributed by atoms with Crippen LogP contribution in [-0.4, -0.2) is 17.6 Å². The number of nitriles is 1. The molecule has 78 valence electrons. The van der Waals surface area contributed by atoms with Gasteiger partial charge in [0.1, 0.15) is 11.6 Å². The lowest BCUT2D eigenvalue weighted by Crippen LogP contribution is -2.15. The molecule has 0 aliphatic carbocycles. The van der Waals surface area contributed by atoms with E-state index in [2.05, 4.69) is 4.98 Å². The van der Waals surface area contributed by atoms with Gasteiger partial charge in [-0.25, -0.2) is 0 Å². The zero-order chi connectivity index (χ0) is 11.3. The van der Waals surface area contributed by atoms with Gasteiger partial charge in [0.25, 0.3) is 0 Å². The molecular weight excluding hydrogens is 196 g/mol. The Kier molecular flexibility index (Phi) is 3.63. The average Bonchev–Trinajstić information content (AvgIpc) is 2.18. The van der Waals surface area contributed by atoms with Gasteiger partial charge >= 0.3 is 5.97 Å². The molecule has 0 bridgehead atoms. The van der Waals surface area contributed by atoms with Crippen molar-refractivity contribution in [2.75, 3.05) is 6.61 Å². The first-order valence-electron chi connectivity index (χ1n) is 4.45. The summed E-state index contributed by atoms with van der Waals surface area (Å²) in [6.45, 7) is 1.97. The average molecular weight is 206 g/mol. The van der Waals surface area contributed by atoms with E-state index in [1.54, 1.807) is 13.0 Å². The van der Waals surface area contributed by atoms with Crippen molar-refractivity contribution in [2.24, 2.45) is 0 Å². The van der Waals surface area contributed by atoms with Gasteiger partial charge in [-0.3, -0.25) is 9.59 Å². The molecule has 0 radical (unpaired) electrons. The van der Waals surface area contributed by atoms with E-state index < -0.39 is 11.4 Å².